The van der Waals surface area contributed by atoms with Crippen LogP contribution in [0.1, 0.15) is 32.8 Å². The van der Waals surface area contributed by atoms with Crippen LogP contribution in [-0.2, 0) is 13.3 Å². The number of nitrogens with zero attached hydrogens (tertiary/aromatic N) is 2. The molecular formula is C22H31N2O4Si-. The standard InChI is InChI=1S/C22H31N2O4Si/c1-4-26-29(27-5-2,28-6-3)18-10-17-24(25)22-15-13-20(14-16-22)19-23-21-11-8-7-9-12-21/h7-9,11-16,19H,4-6,10,17-18H2,1-3H3/q-1. The smallest absolute Gasteiger partial charge is 0.500 e. The van der Waals surface area contributed by atoms with E-state index in [-0.39, 0.29) is 0 Å². The second kappa shape index (κ2) is 12.5. The van der Waals surface area contributed by atoms with Crippen molar-refractivity contribution in [1.82, 2.24) is 0 Å². The summed E-state index contributed by atoms with van der Waals surface area (Å²) >= 11 is 0. The molecule has 0 unspecified atom stereocenters. The van der Waals surface area contributed by atoms with Crippen molar-refractivity contribution in [2.45, 2.75) is 33.2 Å². The summed E-state index contributed by atoms with van der Waals surface area (Å²) in [7, 11) is -2.70. The Kier molecular flexibility index (Phi) is 10.0. The summed E-state index contributed by atoms with van der Waals surface area (Å²) in [6, 6.07) is 17.8. The van der Waals surface area contributed by atoms with Crippen LogP contribution in [0.5, 0.6) is 0 Å². The lowest BCUT2D eigenvalue weighted by Crippen LogP contribution is -2.46. The Morgan fingerprint density at radius 3 is 2.03 bits per heavy atom. The topological polar surface area (TPSA) is 66.4 Å². The lowest BCUT2D eigenvalue weighted by molar-refractivity contribution is 0.0710. The molecular weight excluding hydrogens is 384 g/mol. The van der Waals surface area contributed by atoms with Crippen molar-refractivity contribution in [2.24, 2.45) is 4.99 Å². The van der Waals surface area contributed by atoms with E-state index in [1.165, 1.54) is 0 Å². The predicted molar refractivity (Wildman–Crippen MR) is 121 cm³/mol. The molecule has 0 aromatic heterocycles. The van der Waals surface area contributed by atoms with E-state index in [4.69, 9.17) is 13.3 Å². The first kappa shape index (κ1) is 23.2. The van der Waals surface area contributed by atoms with Gasteiger partial charge >= 0.3 is 8.80 Å². The number of aliphatic imine (C=N–C) groups is 1. The molecule has 0 aliphatic rings. The van der Waals surface area contributed by atoms with Gasteiger partial charge in [-0.2, -0.15) is 0 Å². The van der Waals surface area contributed by atoms with E-state index in [0.29, 0.717) is 44.5 Å². The summed E-state index contributed by atoms with van der Waals surface area (Å²) in [5, 5.41) is 13.5. The Morgan fingerprint density at radius 2 is 1.48 bits per heavy atom. The molecule has 0 saturated heterocycles. The zero-order chi connectivity index (χ0) is 21.0. The SMILES string of the molecule is CCO[Si](CCCN([O-])c1ccc(C=Nc2ccccc2)cc1)(OCC)OCC. The van der Waals surface area contributed by atoms with Gasteiger partial charge in [-0.3, -0.25) is 4.99 Å². The van der Waals surface area contributed by atoms with Crippen LogP contribution in [0.3, 0.4) is 0 Å². The minimum Gasteiger partial charge on any atom is -0.758 e. The molecule has 29 heavy (non-hydrogen) atoms. The number of hydrogen-bond acceptors (Lipinski definition) is 6. The van der Waals surface area contributed by atoms with Crippen LogP contribution in [0.15, 0.2) is 59.6 Å². The number of anilines is 1. The summed E-state index contributed by atoms with van der Waals surface area (Å²) in [4.78, 5) is 4.43. The van der Waals surface area contributed by atoms with Crippen LogP contribution in [-0.4, -0.2) is 41.4 Å². The zero-order valence-corrected chi connectivity index (χ0v) is 18.5. The molecule has 2 aromatic carbocycles. The van der Waals surface area contributed by atoms with E-state index in [1.807, 2.05) is 75.4 Å². The molecule has 0 heterocycles. The Hall–Kier alpha value is -2.03. The maximum absolute atomic E-state index is 12.5. The summed E-state index contributed by atoms with van der Waals surface area (Å²) in [6.07, 6.45) is 2.44. The fraction of sp³-hybridized carbons (Fsp3) is 0.409. The van der Waals surface area contributed by atoms with Gasteiger partial charge in [0, 0.05) is 44.3 Å². The van der Waals surface area contributed by atoms with Crippen molar-refractivity contribution in [2.75, 3.05) is 31.4 Å². The molecule has 0 amide bonds. The first-order valence-corrected chi connectivity index (χ1v) is 12.1. The average Bonchev–Trinajstić information content (AvgIpc) is 2.74. The summed E-state index contributed by atoms with van der Waals surface area (Å²) < 4.78 is 17.5. The van der Waals surface area contributed by atoms with E-state index in [2.05, 4.69) is 4.99 Å². The monoisotopic (exact) mass is 415 g/mol. The second-order valence-electron chi connectivity index (χ2n) is 6.37. The van der Waals surface area contributed by atoms with Crippen molar-refractivity contribution in [1.29, 1.82) is 0 Å². The Balaban J connectivity index is 1.89. The fourth-order valence-electron chi connectivity index (χ4n) is 2.96. The molecule has 0 aliphatic heterocycles. The Labute approximate surface area is 175 Å². The molecule has 2 aromatic rings. The molecule has 0 fully saturated rings. The van der Waals surface area contributed by atoms with Gasteiger partial charge in [0.15, 0.2) is 0 Å². The van der Waals surface area contributed by atoms with Gasteiger partial charge < -0.3 is 23.5 Å². The maximum atomic E-state index is 12.5. The van der Waals surface area contributed by atoms with Crippen LogP contribution in [0.4, 0.5) is 11.4 Å². The van der Waals surface area contributed by atoms with Crippen LogP contribution >= 0.6 is 0 Å². The molecule has 0 saturated carbocycles. The summed E-state index contributed by atoms with van der Waals surface area (Å²) in [5.41, 5.74) is 2.47. The van der Waals surface area contributed by atoms with Gasteiger partial charge in [0.25, 0.3) is 0 Å². The minimum absolute atomic E-state index is 0.361. The highest BCUT2D eigenvalue weighted by molar-refractivity contribution is 6.60. The van der Waals surface area contributed by atoms with Crippen molar-refractivity contribution < 1.29 is 13.3 Å². The highest BCUT2D eigenvalue weighted by Crippen LogP contribution is 2.20. The van der Waals surface area contributed by atoms with E-state index >= 15 is 0 Å². The number of rotatable bonds is 13. The van der Waals surface area contributed by atoms with Gasteiger partial charge in [0.2, 0.25) is 0 Å². The first-order valence-electron chi connectivity index (χ1n) is 10.2. The first-order chi connectivity index (χ1) is 14.1. The van der Waals surface area contributed by atoms with Crippen molar-refractivity contribution in [3.8, 4) is 0 Å². The molecule has 0 bridgehead atoms. The highest BCUT2D eigenvalue weighted by atomic mass is 28.4. The third-order valence-electron chi connectivity index (χ3n) is 4.24. The van der Waals surface area contributed by atoms with Crippen molar-refractivity contribution >= 4 is 26.4 Å². The van der Waals surface area contributed by atoms with Gasteiger partial charge in [-0.15, -0.1) is 0 Å². The molecule has 158 valence electrons. The van der Waals surface area contributed by atoms with Crippen molar-refractivity contribution in [3.63, 3.8) is 0 Å². The van der Waals surface area contributed by atoms with Gasteiger partial charge in [0.1, 0.15) is 0 Å². The summed E-state index contributed by atoms with van der Waals surface area (Å²) in [6.45, 7) is 7.78. The van der Waals surface area contributed by atoms with Gasteiger partial charge in [-0.25, -0.2) is 0 Å². The Morgan fingerprint density at radius 1 is 0.897 bits per heavy atom. The number of hydrogen-bond donors (Lipinski definition) is 0. The minimum atomic E-state index is -2.70. The quantitative estimate of drug-likeness (QED) is 0.256. The van der Waals surface area contributed by atoms with E-state index in [9.17, 15) is 5.21 Å². The van der Waals surface area contributed by atoms with E-state index < -0.39 is 8.80 Å². The molecule has 0 atom stereocenters. The van der Waals surface area contributed by atoms with E-state index in [0.717, 1.165) is 16.3 Å². The van der Waals surface area contributed by atoms with Gasteiger partial charge in [-0.05, 0) is 57.0 Å². The zero-order valence-electron chi connectivity index (χ0n) is 17.5. The number of para-hydroxylation sites is 1. The van der Waals surface area contributed by atoms with Gasteiger partial charge in [0.05, 0.1) is 5.69 Å². The van der Waals surface area contributed by atoms with E-state index in [1.54, 1.807) is 6.21 Å². The number of benzene rings is 2. The molecule has 6 nitrogen and oxygen atoms in total. The van der Waals surface area contributed by atoms with Crippen LogP contribution in [0, 0.1) is 5.21 Å². The molecule has 2 rings (SSSR count). The molecule has 0 N–H and O–H groups in total. The summed E-state index contributed by atoms with van der Waals surface area (Å²) in [5.74, 6) is 0. The average molecular weight is 416 g/mol. The molecule has 0 aliphatic carbocycles. The van der Waals surface area contributed by atoms with Crippen LogP contribution < -0.4 is 5.06 Å². The predicted octanol–water partition coefficient (Wildman–Crippen LogP) is 5.18. The number of hydroxylamine groups is 1. The van der Waals surface area contributed by atoms with Gasteiger partial charge in [-0.1, -0.05) is 30.3 Å². The Bertz CT molecular complexity index is 708. The molecule has 0 radical (unpaired) electrons. The third-order valence-corrected chi connectivity index (χ3v) is 7.39. The maximum Gasteiger partial charge on any atom is 0.500 e. The van der Waals surface area contributed by atoms with Crippen LogP contribution in [0.2, 0.25) is 6.04 Å². The second-order valence-corrected chi connectivity index (χ2v) is 9.11. The fourth-order valence-corrected chi connectivity index (χ4v) is 5.55. The lowest BCUT2D eigenvalue weighted by atomic mass is 10.2. The largest absolute Gasteiger partial charge is 0.758 e. The normalized spacial score (nSPS) is 11.9. The third kappa shape index (κ3) is 7.72. The highest BCUT2D eigenvalue weighted by Gasteiger charge is 2.39. The lowest BCUT2D eigenvalue weighted by Gasteiger charge is -2.33. The molecule has 7 heteroatoms. The molecule has 0 spiro atoms. The van der Waals surface area contributed by atoms with Crippen LogP contribution in [0.25, 0.3) is 0 Å². The van der Waals surface area contributed by atoms with Crippen molar-refractivity contribution in [3.05, 3.63) is 65.4 Å².